The van der Waals surface area contributed by atoms with Gasteiger partial charge in [-0.3, -0.25) is 13.9 Å². The monoisotopic (exact) mass is 649 g/mol. The van der Waals surface area contributed by atoms with Gasteiger partial charge in [0.15, 0.2) is 0 Å². The van der Waals surface area contributed by atoms with Crippen LogP contribution in [0.2, 0.25) is 10.0 Å². The maximum Gasteiger partial charge on any atom is 0.244 e. The van der Waals surface area contributed by atoms with Crippen molar-refractivity contribution in [3.63, 3.8) is 0 Å². The van der Waals surface area contributed by atoms with Gasteiger partial charge in [0.1, 0.15) is 24.1 Å². The Morgan fingerprint density at radius 3 is 2.21 bits per heavy atom. The average Bonchev–Trinajstić information content (AvgIpc) is 2.98. The third kappa shape index (κ3) is 9.26. The van der Waals surface area contributed by atoms with Gasteiger partial charge in [0, 0.05) is 41.2 Å². The van der Waals surface area contributed by atoms with Crippen molar-refractivity contribution >= 4 is 50.7 Å². The van der Waals surface area contributed by atoms with Crippen LogP contribution in [0.1, 0.15) is 30.9 Å². The van der Waals surface area contributed by atoms with E-state index in [0.29, 0.717) is 27.9 Å². The molecule has 0 saturated carbocycles. The van der Waals surface area contributed by atoms with Crippen LogP contribution in [0.3, 0.4) is 0 Å². The first kappa shape index (κ1) is 34.0. The molecule has 43 heavy (non-hydrogen) atoms. The third-order valence-electron chi connectivity index (χ3n) is 6.83. The van der Waals surface area contributed by atoms with Crippen LogP contribution >= 0.6 is 23.2 Å². The number of hydrogen-bond acceptors (Lipinski definition) is 6. The Kier molecular flexibility index (Phi) is 12.5. The molecule has 0 aliphatic carbocycles. The summed E-state index contributed by atoms with van der Waals surface area (Å²) in [6.07, 6.45) is 2.80. The zero-order valence-electron chi connectivity index (χ0n) is 24.7. The highest BCUT2D eigenvalue weighted by Gasteiger charge is 2.34. The molecule has 0 aromatic heterocycles. The van der Waals surface area contributed by atoms with Gasteiger partial charge in [-0.2, -0.15) is 0 Å². The summed E-state index contributed by atoms with van der Waals surface area (Å²) >= 11 is 13.0. The number of carbonyl (C=O) groups excluding carboxylic acids is 2. The Morgan fingerprint density at radius 1 is 0.953 bits per heavy atom. The van der Waals surface area contributed by atoms with E-state index in [1.165, 1.54) is 31.3 Å². The Labute approximate surface area is 263 Å². The molecule has 0 aliphatic heterocycles. The first-order valence-electron chi connectivity index (χ1n) is 13.7. The Hall–Kier alpha value is -3.47. The van der Waals surface area contributed by atoms with Crippen LogP contribution in [-0.2, 0) is 32.6 Å². The number of rotatable bonds is 15. The molecule has 3 aromatic rings. The van der Waals surface area contributed by atoms with Gasteiger partial charge in [-0.05, 0) is 36.2 Å². The molecular formula is C31H37Cl2N3O6S. The summed E-state index contributed by atoms with van der Waals surface area (Å²) in [4.78, 5) is 29.3. The lowest BCUT2D eigenvalue weighted by molar-refractivity contribution is -0.140. The number of sulfonamides is 1. The summed E-state index contributed by atoms with van der Waals surface area (Å²) in [6, 6.07) is 17.8. The Balaban J connectivity index is 2.12. The van der Waals surface area contributed by atoms with Crippen LogP contribution in [0.4, 0.5) is 5.69 Å². The molecule has 0 spiro atoms. The lowest BCUT2D eigenvalue weighted by Crippen LogP contribution is -2.53. The highest BCUT2D eigenvalue weighted by Crippen LogP contribution is 2.34. The number of methoxy groups -OCH3 is 2. The minimum atomic E-state index is -4.00. The zero-order chi connectivity index (χ0) is 31.6. The normalized spacial score (nSPS) is 11.9. The summed E-state index contributed by atoms with van der Waals surface area (Å²) in [7, 11) is -1.13. The fourth-order valence-electron chi connectivity index (χ4n) is 4.50. The molecule has 12 heteroatoms. The number of ether oxygens (including phenoxy) is 2. The van der Waals surface area contributed by atoms with E-state index >= 15 is 0 Å². The minimum absolute atomic E-state index is 0.132. The molecule has 0 bridgehead atoms. The molecule has 1 atom stereocenters. The fraction of sp³-hybridized carbons (Fsp3) is 0.355. The smallest absolute Gasteiger partial charge is 0.244 e. The first-order chi connectivity index (χ1) is 20.5. The second-order valence-electron chi connectivity index (χ2n) is 9.88. The van der Waals surface area contributed by atoms with Gasteiger partial charge < -0.3 is 19.7 Å². The van der Waals surface area contributed by atoms with E-state index in [1.54, 1.807) is 24.3 Å². The molecule has 0 radical (unpaired) electrons. The SMILES string of the molecule is CCCCNC(=O)[C@@H](Cc1ccccc1)N(Cc1c(Cl)cccc1Cl)C(=O)CN(c1ccc(OC)cc1OC)S(C)(=O)=O. The van der Waals surface area contributed by atoms with Crippen LogP contribution in [0.25, 0.3) is 0 Å². The molecule has 9 nitrogen and oxygen atoms in total. The molecule has 2 amide bonds. The molecular weight excluding hydrogens is 613 g/mol. The fourth-order valence-corrected chi connectivity index (χ4v) is 5.87. The predicted molar refractivity (Wildman–Crippen MR) is 171 cm³/mol. The van der Waals surface area contributed by atoms with Gasteiger partial charge in [0.25, 0.3) is 0 Å². The average molecular weight is 651 g/mol. The number of nitrogens with one attached hydrogen (secondary N) is 1. The van der Waals surface area contributed by atoms with E-state index in [4.69, 9.17) is 32.7 Å². The number of hydrogen-bond donors (Lipinski definition) is 1. The van der Waals surface area contributed by atoms with Crippen LogP contribution in [0.5, 0.6) is 11.5 Å². The highest BCUT2D eigenvalue weighted by molar-refractivity contribution is 7.92. The van der Waals surface area contributed by atoms with Gasteiger partial charge in [-0.25, -0.2) is 8.42 Å². The van der Waals surface area contributed by atoms with E-state index in [1.807, 2.05) is 37.3 Å². The van der Waals surface area contributed by atoms with Gasteiger partial charge in [0.05, 0.1) is 26.2 Å². The number of halogens is 2. The molecule has 0 saturated heterocycles. The summed E-state index contributed by atoms with van der Waals surface area (Å²) in [5.41, 5.74) is 1.39. The highest BCUT2D eigenvalue weighted by atomic mass is 35.5. The topological polar surface area (TPSA) is 105 Å². The van der Waals surface area contributed by atoms with Crippen LogP contribution in [0.15, 0.2) is 66.7 Å². The van der Waals surface area contributed by atoms with Crippen molar-refractivity contribution in [2.24, 2.45) is 0 Å². The molecule has 3 aromatic carbocycles. The third-order valence-corrected chi connectivity index (χ3v) is 8.66. The quantitative estimate of drug-likeness (QED) is 0.223. The van der Waals surface area contributed by atoms with Gasteiger partial charge in [-0.15, -0.1) is 0 Å². The van der Waals surface area contributed by atoms with Crippen molar-refractivity contribution in [1.29, 1.82) is 0 Å². The number of anilines is 1. The van der Waals surface area contributed by atoms with E-state index in [0.717, 1.165) is 29.0 Å². The summed E-state index contributed by atoms with van der Waals surface area (Å²) in [6.45, 7) is 1.69. The molecule has 3 rings (SSSR count). The molecule has 0 fully saturated rings. The number of carbonyl (C=O) groups is 2. The van der Waals surface area contributed by atoms with Crippen molar-refractivity contribution in [2.75, 3.05) is 37.9 Å². The number of unbranched alkanes of at least 4 members (excludes halogenated alkanes) is 1. The molecule has 1 N–H and O–H groups in total. The van der Waals surface area contributed by atoms with Crippen LogP contribution in [0, 0.1) is 0 Å². The maximum absolute atomic E-state index is 14.3. The van der Waals surface area contributed by atoms with Gasteiger partial charge in [0.2, 0.25) is 21.8 Å². The van der Waals surface area contributed by atoms with Crippen molar-refractivity contribution in [3.8, 4) is 11.5 Å². The predicted octanol–water partition coefficient (Wildman–Crippen LogP) is 5.33. The van der Waals surface area contributed by atoms with Crippen molar-refractivity contribution in [3.05, 3.63) is 87.9 Å². The van der Waals surface area contributed by atoms with Crippen molar-refractivity contribution < 1.29 is 27.5 Å². The van der Waals surface area contributed by atoms with Crippen LogP contribution in [-0.4, -0.2) is 64.7 Å². The number of nitrogens with zero attached hydrogens (tertiary/aromatic N) is 2. The Bertz CT molecular complexity index is 1480. The number of amides is 2. The van der Waals surface area contributed by atoms with Gasteiger partial charge >= 0.3 is 0 Å². The number of benzene rings is 3. The van der Waals surface area contributed by atoms with E-state index < -0.39 is 28.5 Å². The maximum atomic E-state index is 14.3. The zero-order valence-corrected chi connectivity index (χ0v) is 27.0. The van der Waals surface area contributed by atoms with E-state index in [2.05, 4.69) is 5.32 Å². The molecule has 0 aliphatic rings. The second-order valence-corrected chi connectivity index (χ2v) is 12.6. The standard InChI is InChI=1S/C31H37Cl2N3O6S/c1-5-6-17-34-31(38)28(18-22-11-8-7-9-12-22)35(20-24-25(32)13-10-14-26(24)33)30(37)21-36(43(4,39)40)27-16-15-23(41-2)19-29(27)42-3/h7-16,19,28H,5-6,17-18,20-21H2,1-4H3,(H,34,38)/t28-/m1/s1. The lowest BCUT2D eigenvalue weighted by Gasteiger charge is -2.34. The van der Waals surface area contributed by atoms with Gasteiger partial charge in [-0.1, -0.05) is 72.9 Å². The summed E-state index contributed by atoms with van der Waals surface area (Å²) in [5.74, 6) is -0.369. The van der Waals surface area contributed by atoms with Crippen molar-refractivity contribution in [2.45, 2.75) is 38.8 Å². The Morgan fingerprint density at radius 2 is 1.63 bits per heavy atom. The van der Waals surface area contributed by atoms with E-state index in [9.17, 15) is 18.0 Å². The second kappa shape index (κ2) is 15.8. The first-order valence-corrected chi connectivity index (χ1v) is 16.3. The van der Waals surface area contributed by atoms with E-state index in [-0.39, 0.29) is 30.3 Å². The molecule has 0 heterocycles. The minimum Gasteiger partial charge on any atom is -0.497 e. The summed E-state index contributed by atoms with van der Waals surface area (Å²) < 4.78 is 37.8. The summed E-state index contributed by atoms with van der Waals surface area (Å²) in [5, 5.41) is 3.56. The lowest BCUT2D eigenvalue weighted by atomic mass is 10.0. The molecule has 232 valence electrons. The molecule has 0 unspecified atom stereocenters. The van der Waals surface area contributed by atoms with Crippen molar-refractivity contribution in [1.82, 2.24) is 10.2 Å². The van der Waals surface area contributed by atoms with Crippen LogP contribution < -0.4 is 19.1 Å². The largest absolute Gasteiger partial charge is 0.497 e.